The van der Waals surface area contributed by atoms with Gasteiger partial charge in [0.05, 0.1) is 6.54 Å². The Bertz CT molecular complexity index is 301. The Hall–Kier alpha value is -1.31. The number of nitrogens with one attached hydrogen (secondary N) is 2. The molecular weight excluding hydrogens is 253 g/mol. The summed E-state index contributed by atoms with van der Waals surface area (Å²) in [6.45, 7) is 1.35. The van der Waals surface area contributed by atoms with Crippen LogP contribution in [-0.4, -0.2) is 41.8 Å². The molecule has 0 heterocycles. The van der Waals surface area contributed by atoms with E-state index in [2.05, 4.69) is 5.32 Å². The summed E-state index contributed by atoms with van der Waals surface area (Å²) >= 11 is 0. The molecule has 0 radical (unpaired) electrons. The van der Waals surface area contributed by atoms with Gasteiger partial charge in [-0.05, 0) is 12.8 Å². The number of hydrogen-bond acceptors (Lipinski definition) is 3. The number of carboxylic acids is 1. The molecule has 106 valence electrons. The minimum atomic E-state index is -4.48. The summed E-state index contributed by atoms with van der Waals surface area (Å²) in [4.78, 5) is 22.2. The first kappa shape index (κ1) is 16.7. The van der Waals surface area contributed by atoms with Gasteiger partial charge in [0.2, 0.25) is 5.91 Å². The molecule has 0 aliphatic heterocycles. The molecule has 0 spiro atoms. The molecule has 0 aliphatic rings. The number of carbonyl (C=O) groups excluding carboxylic acids is 1. The molecule has 0 aromatic carbocycles. The minimum Gasteiger partial charge on any atom is -0.480 e. The number of rotatable bonds is 7. The third-order valence-corrected chi connectivity index (χ3v) is 2.69. The second kappa shape index (κ2) is 6.58. The Kier molecular flexibility index (Phi) is 6.10. The van der Waals surface area contributed by atoms with Gasteiger partial charge in [-0.3, -0.25) is 14.9 Å². The predicted octanol–water partition coefficient (Wildman–Crippen LogP) is 0.898. The molecule has 1 amide bonds. The summed E-state index contributed by atoms with van der Waals surface area (Å²) in [5.74, 6) is -2.02. The van der Waals surface area contributed by atoms with Crippen molar-refractivity contribution in [3.8, 4) is 0 Å². The molecule has 0 fully saturated rings. The number of carboxylic acid groups (broad SMARTS) is 1. The molecule has 0 saturated carbocycles. The average Bonchev–Trinajstić information content (AvgIpc) is 2.27. The van der Waals surface area contributed by atoms with Crippen molar-refractivity contribution in [2.24, 2.45) is 0 Å². The number of amides is 1. The van der Waals surface area contributed by atoms with E-state index < -0.39 is 36.7 Å². The monoisotopic (exact) mass is 270 g/mol. The van der Waals surface area contributed by atoms with Gasteiger partial charge in [-0.2, -0.15) is 13.2 Å². The van der Waals surface area contributed by atoms with Gasteiger partial charge >= 0.3 is 12.1 Å². The third-order valence-electron chi connectivity index (χ3n) is 2.69. The number of carbonyl (C=O) groups is 2. The van der Waals surface area contributed by atoms with Crippen molar-refractivity contribution in [3.05, 3.63) is 0 Å². The zero-order valence-corrected chi connectivity index (χ0v) is 10.2. The lowest BCUT2D eigenvalue weighted by atomic mass is 9.93. The lowest BCUT2D eigenvalue weighted by Gasteiger charge is -2.27. The number of halogens is 3. The normalized spacial score (nSPS) is 12.3. The SMILES string of the molecule is CCC(CC)(NCC(=O)NCC(F)(F)F)C(=O)O. The topological polar surface area (TPSA) is 78.4 Å². The summed E-state index contributed by atoms with van der Waals surface area (Å²) < 4.78 is 35.5. The molecule has 0 bridgehead atoms. The number of hydrogen-bond donors (Lipinski definition) is 3. The van der Waals surface area contributed by atoms with Gasteiger partial charge in [-0.1, -0.05) is 13.8 Å². The maximum Gasteiger partial charge on any atom is 0.405 e. The summed E-state index contributed by atoms with van der Waals surface area (Å²) in [5.41, 5.74) is -1.28. The quantitative estimate of drug-likeness (QED) is 0.642. The van der Waals surface area contributed by atoms with Gasteiger partial charge < -0.3 is 10.4 Å². The van der Waals surface area contributed by atoms with Crippen LogP contribution in [0.2, 0.25) is 0 Å². The van der Waals surface area contributed by atoms with E-state index in [9.17, 15) is 22.8 Å². The van der Waals surface area contributed by atoms with Crippen LogP contribution in [-0.2, 0) is 9.59 Å². The van der Waals surface area contributed by atoms with Crippen molar-refractivity contribution in [2.75, 3.05) is 13.1 Å². The third kappa shape index (κ3) is 5.35. The Morgan fingerprint density at radius 2 is 1.67 bits per heavy atom. The lowest BCUT2D eigenvalue weighted by Crippen LogP contribution is -2.54. The minimum absolute atomic E-state index is 0.228. The van der Waals surface area contributed by atoms with Crippen molar-refractivity contribution in [3.63, 3.8) is 0 Å². The van der Waals surface area contributed by atoms with Crippen molar-refractivity contribution < 1.29 is 27.9 Å². The molecule has 0 aromatic heterocycles. The van der Waals surface area contributed by atoms with Crippen LogP contribution in [0.3, 0.4) is 0 Å². The van der Waals surface area contributed by atoms with Crippen LogP contribution in [0.15, 0.2) is 0 Å². The average molecular weight is 270 g/mol. The predicted molar refractivity (Wildman–Crippen MR) is 58.0 cm³/mol. The van der Waals surface area contributed by atoms with Crippen LogP contribution in [0, 0.1) is 0 Å². The highest BCUT2D eigenvalue weighted by molar-refractivity contribution is 5.82. The van der Waals surface area contributed by atoms with Crippen LogP contribution >= 0.6 is 0 Å². The second-order valence-corrected chi connectivity index (χ2v) is 3.84. The molecule has 0 saturated heterocycles. The molecule has 0 aromatic rings. The fourth-order valence-corrected chi connectivity index (χ4v) is 1.39. The van der Waals surface area contributed by atoms with Crippen LogP contribution in [0.25, 0.3) is 0 Å². The van der Waals surface area contributed by atoms with Crippen molar-refractivity contribution in [2.45, 2.75) is 38.4 Å². The molecule has 18 heavy (non-hydrogen) atoms. The van der Waals surface area contributed by atoms with E-state index in [4.69, 9.17) is 5.11 Å². The van der Waals surface area contributed by atoms with Crippen LogP contribution in [0.5, 0.6) is 0 Å². The smallest absolute Gasteiger partial charge is 0.405 e. The molecule has 0 atom stereocenters. The standard InChI is InChI=1S/C10H17F3N2O3/c1-3-9(4-2,8(17)18)15-5-7(16)14-6-10(11,12)13/h15H,3-6H2,1-2H3,(H,14,16)(H,17,18). The largest absolute Gasteiger partial charge is 0.480 e. The van der Waals surface area contributed by atoms with Crippen LogP contribution < -0.4 is 10.6 Å². The maximum atomic E-state index is 11.8. The first-order valence-electron chi connectivity index (χ1n) is 5.48. The Morgan fingerprint density at radius 1 is 1.17 bits per heavy atom. The van der Waals surface area contributed by atoms with Crippen LogP contribution in [0.1, 0.15) is 26.7 Å². The fraction of sp³-hybridized carbons (Fsp3) is 0.800. The molecule has 0 unspecified atom stereocenters. The van der Waals surface area contributed by atoms with Gasteiger partial charge in [0.1, 0.15) is 12.1 Å². The zero-order chi connectivity index (χ0) is 14.4. The van der Waals surface area contributed by atoms with Gasteiger partial charge in [-0.25, -0.2) is 0 Å². The Labute approximate surface area is 103 Å². The molecule has 8 heteroatoms. The number of aliphatic carboxylic acids is 1. The molecule has 0 aliphatic carbocycles. The van der Waals surface area contributed by atoms with Gasteiger partial charge in [0.15, 0.2) is 0 Å². The summed E-state index contributed by atoms with van der Waals surface area (Å²) in [7, 11) is 0. The highest BCUT2D eigenvalue weighted by Crippen LogP contribution is 2.15. The number of alkyl halides is 3. The molecule has 0 rings (SSSR count). The van der Waals surface area contributed by atoms with E-state index >= 15 is 0 Å². The Morgan fingerprint density at radius 3 is 2.00 bits per heavy atom. The first-order chi connectivity index (χ1) is 8.17. The first-order valence-corrected chi connectivity index (χ1v) is 5.48. The van der Waals surface area contributed by atoms with E-state index in [0.717, 1.165) is 0 Å². The molecule has 3 N–H and O–H groups in total. The highest BCUT2D eigenvalue weighted by atomic mass is 19.4. The Balaban J connectivity index is 4.29. The highest BCUT2D eigenvalue weighted by Gasteiger charge is 2.35. The van der Waals surface area contributed by atoms with Crippen LogP contribution in [0.4, 0.5) is 13.2 Å². The summed E-state index contributed by atoms with van der Waals surface area (Å²) in [6, 6.07) is 0. The second-order valence-electron chi connectivity index (χ2n) is 3.84. The van der Waals surface area contributed by atoms with E-state index in [1.807, 2.05) is 0 Å². The van der Waals surface area contributed by atoms with Crippen molar-refractivity contribution >= 4 is 11.9 Å². The zero-order valence-electron chi connectivity index (χ0n) is 10.2. The van der Waals surface area contributed by atoms with Gasteiger partial charge in [0, 0.05) is 0 Å². The van der Waals surface area contributed by atoms with Gasteiger partial charge in [-0.15, -0.1) is 0 Å². The summed E-state index contributed by atoms with van der Waals surface area (Å²) in [6.07, 6.45) is -4.02. The van der Waals surface area contributed by atoms with E-state index in [-0.39, 0.29) is 12.8 Å². The van der Waals surface area contributed by atoms with Crippen molar-refractivity contribution in [1.82, 2.24) is 10.6 Å². The fourth-order valence-electron chi connectivity index (χ4n) is 1.39. The maximum absolute atomic E-state index is 11.8. The summed E-state index contributed by atoms with van der Waals surface area (Å²) in [5, 5.41) is 13.2. The molecule has 5 nitrogen and oxygen atoms in total. The van der Waals surface area contributed by atoms with Crippen molar-refractivity contribution in [1.29, 1.82) is 0 Å². The lowest BCUT2D eigenvalue weighted by molar-refractivity contribution is -0.146. The van der Waals surface area contributed by atoms with E-state index in [1.165, 1.54) is 0 Å². The molecular formula is C10H17F3N2O3. The van der Waals surface area contributed by atoms with Gasteiger partial charge in [0.25, 0.3) is 0 Å². The van der Waals surface area contributed by atoms with E-state index in [0.29, 0.717) is 0 Å². The van der Waals surface area contributed by atoms with E-state index in [1.54, 1.807) is 19.2 Å².